The van der Waals surface area contributed by atoms with Crippen LogP contribution in [-0.4, -0.2) is 17.9 Å². The Labute approximate surface area is 212 Å². The van der Waals surface area contributed by atoms with E-state index in [0.29, 0.717) is 28.7 Å². The first-order valence-electron chi connectivity index (χ1n) is 12.0. The van der Waals surface area contributed by atoms with E-state index in [2.05, 4.69) is 26.7 Å². The van der Waals surface area contributed by atoms with Gasteiger partial charge in [-0.05, 0) is 73.4 Å². The molecule has 0 aromatic heterocycles. The van der Waals surface area contributed by atoms with Gasteiger partial charge in [-0.3, -0.25) is 0 Å². The lowest BCUT2D eigenvalue weighted by Gasteiger charge is -2.28. The summed E-state index contributed by atoms with van der Waals surface area (Å²) < 4.78 is 16.4. The molecule has 36 heavy (non-hydrogen) atoms. The second kappa shape index (κ2) is 11.7. The molecule has 0 atom stereocenters. The smallest absolute Gasteiger partial charge is 0.338 e. The third kappa shape index (κ3) is 6.60. The summed E-state index contributed by atoms with van der Waals surface area (Å²) >= 11 is 0. The van der Waals surface area contributed by atoms with E-state index in [9.17, 15) is 14.4 Å². The maximum absolute atomic E-state index is 12.4. The van der Waals surface area contributed by atoms with Crippen LogP contribution in [0.2, 0.25) is 0 Å². The Balaban J connectivity index is 2.03. The van der Waals surface area contributed by atoms with Crippen LogP contribution >= 0.6 is 0 Å². The van der Waals surface area contributed by atoms with Gasteiger partial charge in [-0.15, -0.1) is 0 Å². The van der Waals surface area contributed by atoms with Gasteiger partial charge in [0.15, 0.2) is 11.5 Å². The zero-order valence-corrected chi connectivity index (χ0v) is 21.1. The number of ether oxygens (including phenoxy) is 3. The van der Waals surface area contributed by atoms with Crippen LogP contribution in [0.1, 0.15) is 57.9 Å². The predicted octanol–water partition coefficient (Wildman–Crippen LogP) is 6.70. The normalized spacial score (nSPS) is 17.0. The Bertz CT molecular complexity index is 1210. The molecule has 0 bridgehead atoms. The predicted molar refractivity (Wildman–Crippen MR) is 139 cm³/mol. The standard InChI is InChI=1S/C30H32O6/c1-7-28(31)34-27-17-23(13-15-25(27)35-29(32)18(2)3)22-12-14-24(21-10-8-20(6)9-11-21)26(16-22)36-30(33)19(4)5/h7,12-17,20-21H,1-2,4,8-11H2,3,5-6H3. The molecule has 0 amide bonds. The number of benzene rings is 2. The average Bonchev–Trinajstić information content (AvgIpc) is 2.85. The molecule has 0 spiro atoms. The highest BCUT2D eigenvalue weighted by Crippen LogP contribution is 2.42. The number of carbonyl (C=O) groups excluding carboxylic acids is 3. The fourth-order valence-electron chi connectivity index (χ4n) is 4.09. The molecular formula is C30H32O6. The van der Waals surface area contributed by atoms with Crippen molar-refractivity contribution in [1.82, 2.24) is 0 Å². The van der Waals surface area contributed by atoms with E-state index in [4.69, 9.17) is 14.2 Å². The molecular weight excluding hydrogens is 456 g/mol. The van der Waals surface area contributed by atoms with Gasteiger partial charge in [-0.2, -0.15) is 0 Å². The molecule has 0 heterocycles. The molecule has 1 aliphatic rings. The van der Waals surface area contributed by atoms with Crippen molar-refractivity contribution in [3.63, 3.8) is 0 Å². The van der Waals surface area contributed by atoms with E-state index >= 15 is 0 Å². The molecule has 0 unspecified atom stereocenters. The average molecular weight is 489 g/mol. The van der Waals surface area contributed by atoms with Crippen LogP contribution in [0.15, 0.2) is 73.4 Å². The van der Waals surface area contributed by atoms with Crippen molar-refractivity contribution in [2.45, 2.75) is 52.4 Å². The molecule has 0 aliphatic heterocycles. The summed E-state index contributed by atoms with van der Waals surface area (Å²) in [5.41, 5.74) is 2.92. The zero-order chi connectivity index (χ0) is 26.4. The Morgan fingerprint density at radius 2 is 1.31 bits per heavy atom. The molecule has 0 radical (unpaired) electrons. The van der Waals surface area contributed by atoms with Crippen molar-refractivity contribution in [1.29, 1.82) is 0 Å². The first kappa shape index (κ1) is 26.7. The van der Waals surface area contributed by atoms with Gasteiger partial charge in [-0.25, -0.2) is 14.4 Å². The maximum atomic E-state index is 12.4. The van der Waals surface area contributed by atoms with Crippen LogP contribution in [0.4, 0.5) is 0 Å². The van der Waals surface area contributed by atoms with Crippen molar-refractivity contribution < 1.29 is 28.6 Å². The first-order chi connectivity index (χ1) is 17.1. The van der Waals surface area contributed by atoms with Gasteiger partial charge < -0.3 is 14.2 Å². The minimum atomic E-state index is -0.697. The molecule has 188 valence electrons. The molecule has 6 nitrogen and oxygen atoms in total. The molecule has 1 aliphatic carbocycles. The van der Waals surface area contributed by atoms with E-state index in [-0.39, 0.29) is 17.1 Å². The van der Waals surface area contributed by atoms with Crippen molar-refractivity contribution in [2.75, 3.05) is 0 Å². The topological polar surface area (TPSA) is 78.9 Å². The van der Waals surface area contributed by atoms with Gasteiger partial charge in [0.25, 0.3) is 0 Å². The van der Waals surface area contributed by atoms with Crippen LogP contribution in [0.3, 0.4) is 0 Å². The number of rotatable bonds is 8. The third-order valence-electron chi connectivity index (χ3n) is 6.23. The SMILES string of the molecule is C=CC(=O)Oc1cc(-c2ccc(C3CCC(C)CC3)c(OC(=O)C(=C)C)c2)ccc1OC(=O)C(=C)C. The summed E-state index contributed by atoms with van der Waals surface area (Å²) in [6.07, 6.45) is 5.34. The first-order valence-corrected chi connectivity index (χ1v) is 12.0. The highest BCUT2D eigenvalue weighted by atomic mass is 16.6. The van der Waals surface area contributed by atoms with Gasteiger partial charge in [0.1, 0.15) is 5.75 Å². The lowest BCUT2D eigenvalue weighted by molar-refractivity contribution is -0.132. The number of hydrogen-bond acceptors (Lipinski definition) is 6. The molecule has 2 aromatic rings. The van der Waals surface area contributed by atoms with Gasteiger partial charge >= 0.3 is 17.9 Å². The monoisotopic (exact) mass is 488 g/mol. The van der Waals surface area contributed by atoms with E-state index in [0.717, 1.165) is 42.9 Å². The van der Waals surface area contributed by atoms with E-state index in [1.54, 1.807) is 19.1 Å². The Kier molecular flexibility index (Phi) is 8.64. The van der Waals surface area contributed by atoms with Crippen molar-refractivity contribution >= 4 is 17.9 Å². The van der Waals surface area contributed by atoms with Crippen LogP contribution < -0.4 is 14.2 Å². The summed E-state index contributed by atoms with van der Waals surface area (Å²) in [7, 11) is 0. The molecule has 0 N–H and O–H groups in total. The van der Waals surface area contributed by atoms with E-state index < -0.39 is 17.9 Å². The van der Waals surface area contributed by atoms with Crippen molar-refractivity contribution in [2.24, 2.45) is 5.92 Å². The Hall–Kier alpha value is -3.93. The molecule has 1 fully saturated rings. The number of carbonyl (C=O) groups is 3. The highest BCUT2D eigenvalue weighted by molar-refractivity contribution is 5.90. The maximum Gasteiger partial charge on any atom is 0.338 e. The van der Waals surface area contributed by atoms with Crippen LogP contribution in [0.5, 0.6) is 17.2 Å². The van der Waals surface area contributed by atoms with Gasteiger partial charge in [0, 0.05) is 17.2 Å². The van der Waals surface area contributed by atoms with Crippen molar-refractivity contribution in [3.05, 3.63) is 78.9 Å². The summed E-state index contributed by atoms with van der Waals surface area (Å²) in [6, 6.07) is 10.6. The second-order valence-corrected chi connectivity index (χ2v) is 9.34. The molecule has 0 saturated heterocycles. The van der Waals surface area contributed by atoms with E-state index in [1.165, 1.54) is 13.0 Å². The van der Waals surface area contributed by atoms with Crippen LogP contribution in [0.25, 0.3) is 11.1 Å². The fourth-order valence-corrected chi connectivity index (χ4v) is 4.09. The minimum Gasteiger partial charge on any atom is -0.423 e. The molecule has 2 aromatic carbocycles. The lowest BCUT2D eigenvalue weighted by Crippen LogP contribution is -2.14. The van der Waals surface area contributed by atoms with Crippen LogP contribution in [-0.2, 0) is 14.4 Å². The lowest BCUT2D eigenvalue weighted by atomic mass is 9.79. The summed E-state index contributed by atoms with van der Waals surface area (Å²) in [5, 5.41) is 0. The minimum absolute atomic E-state index is 0.0535. The third-order valence-corrected chi connectivity index (χ3v) is 6.23. The Morgan fingerprint density at radius 1 is 0.778 bits per heavy atom. The van der Waals surface area contributed by atoms with Gasteiger partial charge in [-0.1, -0.05) is 57.7 Å². The summed E-state index contributed by atoms with van der Waals surface area (Å²) in [5.74, 6) is -0.215. The van der Waals surface area contributed by atoms with E-state index in [1.807, 2.05) is 18.2 Å². The summed E-state index contributed by atoms with van der Waals surface area (Å²) in [4.78, 5) is 36.4. The number of esters is 3. The Morgan fingerprint density at radius 3 is 1.86 bits per heavy atom. The molecule has 1 saturated carbocycles. The quantitative estimate of drug-likeness (QED) is 0.234. The van der Waals surface area contributed by atoms with Gasteiger partial charge in [0.05, 0.1) is 0 Å². The zero-order valence-electron chi connectivity index (χ0n) is 21.1. The second-order valence-electron chi connectivity index (χ2n) is 9.34. The molecule has 3 rings (SSSR count). The molecule has 6 heteroatoms. The van der Waals surface area contributed by atoms with Crippen molar-refractivity contribution in [3.8, 4) is 28.4 Å². The van der Waals surface area contributed by atoms with Gasteiger partial charge in [0.2, 0.25) is 0 Å². The van der Waals surface area contributed by atoms with Crippen LogP contribution in [0, 0.1) is 5.92 Å². The fraction of sp³-hybridized carbons (Fsp3) is 0.300. The highest BCUT2D eigenvalue weighted by Gasteiger charge is 2.24. The largest absolute Gasteiger partial charge is 0.423 e. The summed E-state index contributed by atoms with van der Waals surface area (Å²) in [6.45, 7) is 16.1. The number of hydrogen-bond donors (Lipinski definition) is 0.